The van der Waals surface area contributed by atoms with Crippen molar-refractivity contribution in [3.8, 4) is 5.75 Å². The molecule has 2 saturated carbocycles. The zero-order chi connectivity index (χ0) is 22.9. The predicted octanol–water partition coefficient (Wildman–Crippen LogP) is 4.01. The van der Waals surface area contributed by atoms with Gasteiger partial charge in [0.25, 0.3) is 5.91 Å². The molecule has 7 heteroatoms. The van der Waals surface area contributed by atoms with Crippen molar-refractivity contribution in [3.63, 3.8) is 0 Å². The number of nitrogens with zero attached hydrogens (tertiary/aromatic N) is 2. The van der Waals surface area contributed by atoms with Crippen molar-refractivity contribution in [2.45, 2.75) is 6.42 Å². The van der Waals surface area contributed by atoms with Crippen molar-refractivity contribution in [1.82, 2.24) is 4.90 Å². The SMILES string of the molecule is COc1ccc(N(CN2C(=O)[C@H]3[C@@H]4C=C[C@H]([C@H]5C[C@H]45)[C@@H]3C2=O)C(=O)c2ccc(Cl)cc2)cc1. The van der Waals surface area contributed by atoms with E-state index >= 15 is 0 Å². The molecule has 33 heavy (non-hydrogen) atoms. The molecule has 1 heterocycles. The first-order chi connectivity index (χ1) is 16.0. The van der Waals surface area contributed by atoms with E-state index in [1.165, 1.54) is 9.80 Å². The van der Waals surface area contributed by atoms with Gasteiger partial charge in [0, 0.05) is 16.3 Å². The molecule has 0 N–H and O–H groups in total. The van der Waals surface area contributed by atoms with Crippen LogP contribution in [0.15, 0.2) is 60.7 Å². The highest BCUT2D eigenvalue weighted by Gasteiger charge is 2.67. The Morgan fingerprint density at radius 1 is 0.970 bits per heavy atom. The number of hydrogen-bond donors (Lipinski definition) is 0. The number of methoxy groups -OCH3 is 1. The second-order valence-corrected chi connectivity index (χ2v) is 9.78. The van der Waals surface area contributed by atoms with Crippen LogP contribution in [0.1, 0.15) is 16.8 Å². The number of allylic oxidation sites excluding steroid dienone is 2. The molecule has 6 nitrogen and oxygen atoms in total. The zero-order valence-electron chi connectivity index (χ0n) is 18.1. The quantitative estimate of drug-likeness (QED) is 0.497. The predicted molar refractivity (Wildman–Crippen MR) is 123 cm³/mol. The van der Waals surface area contributed by atoms with Crippen LogP contribution in [0.4, 0.5) is 5.69 Å². The van der Waals surface area contributed by atoms with Gasteiger partial charge in [-0.15, -0.1) is 0 Å². The second kappa shape index (κ2) is 7.45. The van der Waals surface area contributed by atoms with Gasteiger partial charge in [0.1, 0.15) is 12.4 Å². The van der Waals surface area contributed by atoms with Crippen LogP contribution in [0.2, 0.25) is 5.02 Å². The lowest BCUT2D eigenvalue weighted by molar-refractivity contribution is -0.140. The van der Waals surface area contributed by atoms with E-state index in [4.69, 9.17) is 16.3 Å². The Kier molecular flexibility index (Phi) is 4.63. The van der Waals surface area contributed by atoms with Crippen molar-refractivity contribution in [3.05, 3.63) is 71.3 Å². The van der Waals surface area contributed by atoms with Gasteiger partial charge in [0.2, 0.25) is 11.8 Å². The van der Waals surface area contributed by atoms with Gasteiger partial charge >= 0.3 is 0 Å². The number of anilines is 1. The molecule has 0 radical (unpaired) electrons. The monoisotopic (exact) mass is 462 g/mol. The van der Waals surface area contributed by atoms with Crippen LogP contribution in [-0.2, 0) is 9.59 Å². The standard InChI is InChI=1S/C26H23ClN2O4/c1-33-17-8-6-16(7-9-17)28(24(30)14-2-4-15(27)5-3-14)13-29-25(31)22-18-10-11-19(21-12-20(18)21)23(22)26(29)32/h2-11,18-23H,12-13H2,1H3/t18-,19-,20-,21-,22+,23+/m1/s1. The summed E-state index contributed by atoms with van der Waals surface area (Å²) in [6.45, 7) is -0.118. The second-order valence-electron chi connectivity index (χ2n) is 9.34. The van der Waals surface area contributed by atoms with E-state index in [9.17, 15) is 14.4 Å². The Morgan fingerprint density at radius 2 is 1.55 bits per heavy atom. The summed E-state index contributed by atoms with van der Waals surface area (Å²) >= 11 is 6.00. The Morgan fingerprint density at radius 3 is 2.09 bits per heavy atom. The fraction of sp³-hybridized carbons (Fsp3) is 0.346. The van der Waals surface area contributed by atoms with Crippen LogP contribution in [0.25, 0.3) is 0 Å². The lowest BCUT2D eigenvalue weighted by Crippen LogP contribution is -2.45. The molecule has 1 aliphatic heterocycles. The molecule has 0 aromatic heterocycles. The van der Waals surface area contributed by atoms with Gasteiger partial charge in [0.05, 0.1) is 18.9 Å². The highest BCUT2D eigenvalue weighted by Crippen LogP contribution is 2.65. The maximum Gasteiger partial charge on any atom is 0.259 e. The minimum atomic E-state index is -0.309. The number of halogens is 1. The summed E-state index contributed by atoms with van der Waals surface area (Å²) < 4.78 is 5.24. The van der Waals surface area contributed by atoms with E-state index < -0.39 is 0 Å². The van der Waals surface area contributed by atoms with Crippen LogP contribution in [0.3, 0.4) is 0 Å². The molecule has 0 unspecified atom stereocenters. The Balaban J connectivity index is 1.33. The van der Waals surface area contributed by atoms with E-state index in [1.54, 1.807) is 55.6 Å². The molecule has 7 rings (SSSR count). The van der Waals surface area contributed by atoms with E-state index in [2.05, 4.69) is 12.2 Å². The molecule has 2 bridgehead atoms. The number of likely N-dealkylation sites (tertiary alicyclic amines) is 1. The van der Waals surface area contributed by atoms with Crippen LogP contribution in [0, 0.1) is 35.5 Å². The largest absolute Gasteiger partial charge is 0.497 e. The molecule has 0 spiro atoms. The third-order valence-corrected chi connectivity index (χ3v) is 8.01. The van der Waals surface area contributed by atoms with Gasteiger partial charge in [-0.3, -0.25) is 24.2 Å². The van der Waals surface area contributed by atoms with Crippen molar-refractivity contribution < 1.29 is 19.1 Å². The third-order valence-electron chi connectivity index (χ3n) is 7.76. The zero-order valence-corrected chi connectivity index (χ0v) is 18.8. The van der Waals surface area contributed by atoms with Crippen LogP contribution in [0.5, 0.6) is 5.75 Å². The highest BCUT2D eigenvalue weighted by molar-refractivity contribution is 6.30. The van der Waals surface area contributed by atoms with E-state index in [1.807, 2.05) is 0 Å². The molecule has 168 valence electrons. The molecule has 4 aliphatic carbocycles. The molecular weight excluding hydrogens is 440 g/mol. The maximum absolute atomic E-state index is 13.5. The van der Waals surface area contributed by atoms with E-state index in [0.717, 1.165) is 6.42 Å². The van der Waals surface area contributed by atoms with E-state index in [-0.39, 0.29) is 48.1 Å². The number of carbonyl (C=O) groups excluding carboxylic acids is 3. The lowest BCUT2D eigenvalue weighted by Gasteiger charge is -2.37. The van der Waals surface area contributed by atoms with Crippen LogP contribution < -0.4 is 9.64 Å². The number of imide groups is 1. The number of amides is 3. The third kappa shape index (κ3) is 3.11. The van der Waals surface area contributed by atoms with Crippen LogP contribution >= 0.6 is 11.6 Å². The van der Waals surface area contributed by atoms with Crippen molar-refractivity contribution in [1.29, 1.82) is 0 Å². The first kappa shape index (κ1) is 20.5. The normalized spacial score (nSPS) is 30.8. The van der Waals surface area contributed by atoms with Crippen molar-refractivity contribution in [2.75, 3.05) is 18.7 Å². The number of hydrogen-bond acceptors (Lipinski definition) is 4. The Labute approximate surface area is 196 Å². The molecular formula is C26H23ClN2O4. The van der Waals surface area contributed by atoms with Crippen molar-refractivity contribution in [2.24, 2.45) is 35.5 Å². The van der Waals surface area contributed by atoms with Crippen molar-refractivity contribution >= 4 is 35.0 Å². The topological polar surface area (TPSA) is 66.9 Å². The van der Waals surface area contributed by atoms with E-state index in [0.29, 0.717) is 33.9 Å². The average molecular weight is 463 g/mol. The van der Waals surface area contributed by atoms with Gasteiger partial charge in [-0.2, -0.15) is 0 Å². The first-order valence-electron chi connectivity index (χ1n) is 11.2. The summed E-state index contributed by atoms with van der Waals surface area (Å²) in [5.74, 6) is 0.807. The Hall–Kier alpha value is -3.12. The number of carbonyl (C=O) groups is 3. The Bertz CT molecular complexity index is 1140. The molecule has 6 atom stereocenters. The fourth-order valence-corrected chi connectivity index (χ4v) is 6.20. The minimum absolute atomic E-state index is 0.118. The van der Waals surface area contributed by atoms with Gasteiger partial charge in [0.15, 0.2) is 0 Å². The summed E-state index contributed by atoms with van der Waals surface area (Å²) in [5.41, 5.74) is 1.00. The number of benzene rings is 2. The fourth-order valence-electron chi connectivity index (χ4n) is 6.07. The highest BCUT2D eigenvalue weighted by atomic mass is 35.5. The first-order valence-corrected chi connectivity index (χ1v) is 11.6. The smallest absolute Gasteiger partial charge is 0.259 e. The molecule has 3 amide bonds. The number of rotatable bonds is 5. The van der Waals surface area contributed by atoms with Gasteiger partial charge in [-0.25, -0.2) is 0 Å². The maximum atomic E-state index is 13.5. The summed E-state index contributed by atoms with van der Waals surface area (Å²) in [4.78, 5) is 43.2. The molecule has 2 aromatic carbocycles. The molecule has 5 aliphatic rings. The summed E-state index contributed by atoms with van der Waals surface area (Å²) in [6, 6.07) is 13.6. The summed E-state index contributed by atoms with van der Waals surface area (Å²) in [7, 11) is 1.57. The molecule has 3 fully saturated rings. The van der Waals surface area contributed by atoms with Gasteiger partial charge in [-0.1, -0.05) is 23.8 Å². The average Bonchev–Trinajstić information content (AvgIpc) is 3.63. The van der Waals surface area contributed by atoms with Gasteiger partial charge < -0.3 is 4.74 Å². The summed E-state index contributed by atoms with van der Waals surface area (Å²) in [6.07, 6.45) is 5.41. The molecule has 2 aromatic rings. The summed E-state index contributed by atoms with van der Waals surface area (Å²) in [5, 5.41) is 0.526. The molecule has 1 saturated heterocycles. The number of ether oxygens (including phenoxy) is 1. The van der Waals surface area contributed by atoms with Crippen LogP contribution in [-0.4, -0.2) is 36.4 Å². The minimum Gasteiger partial charge on any atom is -0.497 e. The van der Waals surface area contributed by atoms with Gasteiger partial charge in [-0.05, 0) is 78.6 Å². The lowest BCUT2D eigenvalue weighted by atomic mass is 9.63.